The second kappa shape index (κ2) is 9.56. The van der Waals surface area contributed by atoms with Gasteiger partial charge >= 0.3 is 6.18 Å². The number of ether oxygens (including phenoxy) is 1. The number of rotatable bonds is 6. The smallest absolute Gasteiger partial charge is 0.416 e. The Labute approximate surface area is 187 Å². The highest BCUT2D eigenvalue weighted by Gasteiger charge is 2.31. The number of carbonyl (C=O) groups is 1. The highest BCUT2D eigenvalue weighted by Crippen LogP contribution is 2.34. The van der Waals surface area contributed by atoms with Gasteiger partial charge in [0.1, 0.15) is 10.9 Å². The van der Waals surface area contributed by atoms with E-state index in [1.54, 1.807) is 0 Å². The normalized spacial score (nSPS) is 11.3. The molecule has 3 rings (SSSR count). The number of nitrogens with one attached hydrogen (secondary N) is 1. The third-order valence-corrected chi connectivity index (χ3v) is 4.90. The van der Waals surface area contributed by atoms with Crippen LogP contribution in [0.15, 0.2) is 48.5 Å². The number of amides is 1. The summed E-state index contributed by atoms with van der Waals surface area (Å²) in [5.41, 5.74) is 1.98. The van der Waals surface area contributed by atoms with Crippen molar-refractivity contribution in [3.05, 3.63) is 87.4 Å². The van der Waals surface area contributed by atoms with Gasteiger partial charge in [-0.05, 0) is 55.7 Å². The van der Waals surface area contributed by atoms with Gasteiger partial charge in [0.2, 0.25) is 0 Å². The number of nitrogens with zero attached hydrogens (tertiary/aromatic N) is 1. The number of halogens is 5. The van der Waals surface area contributed by atoms with Gasteiger partial charge in [-0.2, -0.15) is 17.6 Å². The number of carbonyl (C=O) groups excluding carboxylic acids is 1. The van der Waals surface area contributed by atoms with Crippen molar-refractivity contribution in [2.45, 2.75) is 26.4 Å². The molecular weight excluding hydrogens is 448 g/mol. The molecule has 0 fully saturated rings. The molecular formula is C23H19ClF4N2O2. The Bertz CT molecular complexity index is 1150. The van der Waals surface area contributed by atoms with Crippen LogP contribution < -0.4 is 10.1 Å². The van der Waals surface area contributed by atoms with E-state index in [2.05, 4.69) is 10.3 Å². The number of hydrogen-bond acceptors (Lipinski definition) is 3. The predicted molar refractivity (Wildman–Crippen MR) is 113 cm³/mol. The molecule has 0 aliphatic carbocycles. The molecule has 3 aromatic rings. The Hall–Kier alpha value is -3.13. The molecule has 0 atom stereocenters. The molecule has 32 heavy (non-hydrogen) atoms. The standard InChI is InChI=1S/C23H19ClF4N2O2/c1-13-6-7-15(14(2)10-13)8-9-29-22(31)18-12-19(24)30-21(25)20(18)32-17-5-3-4-16(11-17)23(26,27)28/h3-7,10-12H,8-9H2,1-2H3,(H,29,31). The first-order chi connectivity index (χ1) is 15.0. The lowest BCUT2D eigenvalue weighted by Gasteiger charge is -2.14. The van der Waals surface area contributed by atoms with Gasteiger partial charge in [-0.25, -0.2) is 4.98 Å². The van der Waals surface area contributed by atoms with E-state index in [0.29, 0.717) is 12.5 Å². The second-order valence-electron chi connectivity index (χ2n) is 7.18. The van der Waals surface area contributed by atoms with Gasteiger partial charge in [0.15, 0.2) is 5.75 Å². The Kier molecular flexibility index (Phi) is 7.03. The van der Waals surface area contributed by atoms with Crippen LogP contribution in [0.25, 0.3) is 0 Å². The average molecular weight is 467 g/mol. The fourth-order valence-corrected chi connectivity index (χ4v) is 3.31. The number of alkyl halides is 3. The summed E-state index contributed by atoms with van der Waals surface area (Å²) in [6, 6.07) is 10.9. The largest absolute Gasteiger partial charge is 0.452 e. The van der Waals surface area contributed by atoms with Crippen LogP contribution in [0.4, 0.5) is 17.6 Å². The van der Waals surface area contributed by atoms with Crippen LogP contribution in [0.3, 0.4) is 0 Å². The molecule has 1 heterocycles. The first-order valence-corrected chi connectivity index (χ1v) is 9.98. The molecule has 0 bridgehead atoms. The van der Waals surface area contributed by atoms with Crippen LogP contribution in [0.1, 0.15) is 32.6 Å². The van der Waals surface area contributed by atoms with Gasteiger partial charge in [0.25, 0.3) is 11.9 Å². The molecule has 0 aliphatic rings. The summed E-state index contributed by atoms with van der Waals surface area (Å²) in [6.45, 7) is 4.18. The lowest BCUT2D eigenvalue weighted by Crippen LogP contribution is -2.26. The fraction of sp³-hybridized carbons (Fsp3) is 0.217. The third-order valence-electron chi connectivity index (χ3n) is 4.70. The minimum Gasteiger partial charge on any atom is -0.452 e. The van der Waals surface area contributed by atoms with E-state index in [9.17, 15) is 22.4 Å². The van der Waals surface area contributed by atoms with Crippen molar-refractivity contribution in [1.82, 2.24) is 10.3 Å². The first-order valence-electron chi connectivity index (χ1n) is 9.60. The summed E-state index contributed by atoms with van der Waals surface area (Å²) in [7, 11) is 0. The maximum atomic E-state index is 14.4. The zero-order valence-corrected chi connectivity index (χ0v) is 17.9. The van der Waals surface area contributed by atoms with Crippen LogP contribution in [0.5, 0.6) is 11.5 Å². The molecule has 0 radical (unpaired) electrons. The first kappa shape index (κ1) is 23.5. The summed E-state index contributed by atoms with van der Waals surface area (Å²) in [6.07, 6.45) is -4.08. The monoisotopic (exact) mass is 466 g/mol. The highest BCUT2D eigenvalue weighted by atomic mass is 35.5. The summed E-state index contributed by atoms with van der Waals surface area (Å²) in [5.74, 6) is -2.82. The minimum atomic E-state index is -4.61. The lowest BCUT2D eigenvalue weighted by molar-refractivity contribution is -0.137. The number of benzene rings is 2. The van der Waals surface area contributed by atoms with Crippen molar-refractivity contribution in [2.24, 2.45) is 0 Å². The summed E-state index contributed by atoms with van der Waals surface area (Å²) in [4.78, 5) is 16.1. The fourth-order valence-electron chi connectivity index (χ4n) is 3.12. The van der Waals surface area contributed by atoms with E-state index in [0.717, 1.165) is 34.9 Å². The number of aryl methyl sites for hydroxylation is 2. The predicted octanol–water partition coefficient (Wildman–Crippen LogP) is 6.27. The molecule has 0 spiro atoms. The van der Waals surface area contributed by atoms with Gasteiger partial charge in [0, 0.05) is 6.54 Å². The molecule has 1 N–H and O–H groups in total. The summed E-state index contributed by atoms with van der Waals surface area (Å²) in [5, 5.41) is 2.36. The number of pyridine rings is 1. The lowest BCUT2D eigenvalue weighted by atomic mass is 10.0. The summed E-state index contributed by atoms with van der Waals surface area (Å²) < 4.78 is 58.6. The van der Waals surface area contributed by atoms with Crippen LogP contribution >= 0.6 is 11.6 Å². The molecule has 1 amide bonds. The van der Waals surface area contributed by atoms with Crippen LogP contribution in [-0.4, -0.2) is 17.4 Å². The second-order valence-corrected chi connectivity index (χ2v) is 7.56. The maximum absolute atomic E-state index is 14.4. The zero-order chi connectivity index (χ0) is 23.5. The topological polar surface area (TPSA) is 51.2 Å². The van der Waals surface area contributed by atoms with Crippen molar-refractivity contribution in [1.29, 1.82) is 0 Å². The van der Waals surface area contributed by atoms with E-state index in [-0.39, 0.29) is 23.0 Å². The van der Waals surface area contributed by atoms with Crippen LogP contribution in [0, 0.1) is 19.8 Å². The van der Waals surface area contributed by atoms with Gasteiger partial charge in [-0.3, -0.25) is 4.79 Å². The quantitative estimate of drug-likeness (QED) is 0.344. The third kappa shape index (κ3) is 5.76. The molecule has 0 saturated carbocycles. The molecule has 0 unspecified atom stereocenters. The minimum absolute atomic E-state index is 0.243. The molecule has 168 valence electrons. The van der Waals surface area contributed by atoms with Crippen molar-refractivity contribution in [3.63, 3.8) is 0 Å². The summed E-state index contributed by atoms with van der Waals surface area (Å²) >= 11 is 5.78. The molecule has 0 aliphatic heterocycles. The Morgan fingerprint density at radius 2 is 1.88 bits per heavy atom. The molecule has 2 aromatic carbocycles. The van der Waals surface area contributed by atoms with E-state index < -0.39 is 29.3 Å². The van der Waals surface area contributed by atoms with E-state index in [4.69, 9.17) is 16.3 Å². The van der Waals surface area contributed by atoms with Gasteiger partial charge < -0.3 is 10.1 Å². The Morgan fingerprint density at radius 1 is 1.12 bits per heavy atom. The van der Waals surface area contributed by atoms with Gasteiger partial charge in [-0.1, -0.05) is 41.4 Å². The molecule has 0 saturated heterocycles. The number of aromatic nitrogens is 1. The van der Waals surface area contributed by atoms with Crippen molar-refractivity contribution in [3.8, 4) is 11.5 Å². The Morgan fingerprint density at radius 3 is 2.56 bits per heavy atom. The molecule has 9 heteroatoms. The maximum Gasteiger partial charge on any atom is 0.416 e. The SMILES string of the molecule is Cc1ccc(CCNC(=O)c2cc(Cl)nc(F)c2Oc2cccc(C(F)(F)F)c2)c(C)c1. The van der Waals surface area contributed by atoms with E-state index >= 15 is 0 Å². The van der Waals surface area contributed by atoms with Crippen molar-refractivity contribution >= 4 is 17.5 Å². The zero-order valence-electron chi connectivity index (χ0n) is 17.2. The van der Waals surface area contributed by atoms with Gasteiger partial charge in [-0.15, -0.1) is 0 Å². The number of hydrogen-bond donors (Lipinski definition) is 1. The highest BCUT2D eigenvalue weighted by molar-refractivity contribution is 6.29. The van der Waals surface area contributed by atoms with E-state index in [1.807, 2.05) is 32.0 Å². The van der Waals surface area contributed by atoms with Crippen LogP contribution in [-0.2, 0) is 12.6 Å². The average Bonchev–Trinajstić information content (AvgIpc) is 2.71. The Balaban J connectivity index is 1.80. The van der Waals surface area contributed by atoms with Gasteiger partial charge in [0.05, 0.1) is 11.1 Å². The van der Waals surface area contributed by atoms with Crippen molar-refractivity contribution in [2.75, 3.05) is 6.54 Å². The van der Waals surface area contributed by atoms with E-state index in [1.165, 1.54) is 6.07 Å². The molecule has 1 aromatic heterocycles. The van der Waals surface area contributed by atoms with Crippen LogP contribution in [0.2, 0.25) is 5.15 Å². The molecule has 4 nitrogen and oxygen atoms in total. The van der Waals surface area contributed by atoms with Crippen molar-refractivity contribution < 1.29 is 27.1 Å².